The highest BCUT2D eigenvalue weighted by Crippen LogP contribution is 2.37. The highest BCUT2D eigenvalue weighted by Gasteiger charge is 2.48. The quantitative estimate of drug-likeness (QED) is 0.206. The van der Waals surface area contributed by atoms with Crippen LogP contribution >= 0.6 is 0 Å². The lowest BCUT2D eigenvalue weighted by molar-refractivity contribution is -0.140. The molecule has 4 aromatic rings. The average Bonchev–Trinajstić information content (AvgIpc) is 3.61. The number of aromatic nitrogens is 1. The molecule has 2 aliphatic heterocycles. The Morgan fingerprint density at radius 3 is 2.42 bits per heavy atom. The number of hydrogen-bond donors (Lipinski definition) is 2. The summed E-state index contributed by atoms with van der Waals surface area (Å²) in [5, 5.41) is 6.70. The second-order valence-corrected chi connectivity index (χ2v) is 14.3. The van der Waals surface area contributed by atoms with Crippen LogP contribution in [-0.4, -0.2) is 90.9 Å². The number of hydrogen-bond acceptors (Lipinski definition) is 7. The summed E-state index contributed by atoms with van der Waals surface area (Å²) in [4.78, 5) is 63.1. The first-order valence-electron chi connectivity index (χ1n) is 18.4. The predicted molar refractivity (Wildman–Crippen MR) is 203 cm³/mol. The summed E-state index contributed by atoms with van der Waals surface area (Å²) in [6, 6.07) is 24.1. The number of aryl methyl sites for hydroxylation is 1. The van der Waals surface area contributed by atoms with Crippen LogP contribution in [0.5, 0.6) is 11.5 Å². The average molecular weight is 720 g/mol. The van der Waals surface area contributed by atoms with Crippen molar-refractivity contribution in [3.8, 4) is 11.5 Å². The van der Waals surface area contributed by atoms with Crippen molar-refractivity contribution in [1.82, 2.24) is 25.4 Å². The van der Waals surface area contributed by atoms with Crippen molar-refractivity contribution in [1.29, 1.82) is 0 Å². The van der Waals surface area contributed by atoms with E-state index in [0.717, 1.165) is 28.5 Å². The molecule has 2 fully saturated rings. The van der Waals surface area contributed by atoms with Crippen LogP contribution in [0, 0.1) is 17.8 Å². The van der Waals surface area contributed by atoms with E-state index in [-0.39, 0.29) is 54.5 Å². The number of carbonyl (C=O) groups excluding carboxylic acids is 4. The molecule has 53 heavy (non-hydrogen) atoms. The largest absolute Gasteiger partial charge is 0.493 e. The van der Waals surface area contributed by atoms with E-state index in [9.17, 15) is 19.2 Å². The minimum Gasteiger partial charge on any atom is -0.493 e. The zero-order valence-electron chi connectivity index (χ0n) is 30.9. The maximum Gasteiger partial charge on any atom is 0.254 e. The van der Waals surface area contributed by atoms with Gasteiger partial charge in [-0.3, -0.25) is 24.2 Å². The van der Waals surface area contributed by atoms with Crippen molar-refractivity contribution in [2.45, 2.75) is 51.7 Å². The Kier molecular flexibility index (Phi) is 11.9. The second-order valence-electron chi connectivity index (χ2n) is 14.3. The van der Waals surface area contributed by atoms with Crippen molar-refractivity contribution >= 4 is 34.5 Å². The molecule has 0 aliphatic carbocycles. The molecule has 0 saturated carbocycles. The van der Waals surface area contributed by atoms with Gasteiger partial charge in [-0.1, -0.05) is 42.5 Å². The lowest BCUT2D eigenvalue weighted by Crippen LogP contribution is -2.56. The number of methoxy groups -OCH3 is 1. The molecule has 2 aliphatic rings. The number of piperidine rings is 1. The van der Waals surface area contributed by atoms with Crippen LogP contribution in [0.3, 0.4) is 0 Å². The number of nitrogens with zero attached hydrogens (tertiary/aromatic N) is 3. The molecule has 11 heteroatoms. The highest BCUT2D eigenvalue weighted by atomic mass is 16.5. The molecular weight excluding hydrogens is 670 g/mol. The fourth-order valence-corrected chi connectivity index (χ4v) is 7.66. The summed E-state index contributed by atoms with van der Waals surface area (Å²) in [6.45, 7) is 5.21. The van der Waals surface area contributed by atoms with Gasteiger partial charge in [0.1, 0.15) is 6.04 Å². The predicted octanol–water partition coefficient (Wildman–Crippen LogP) is 4.67. The van der Waals surface area contributed by atoms with Crippen molar-refractivity contribution in [3.63, 3.8) is 0 Å². The van der Waals surface area contributed by atoms with Crippen LogP contribution in [0.1, 0.15) is 48.2 Å². The molecule has 2 N–H and O–H groups in total. The summed E-state index contributed by atoms with van der Waals surface area (Å²) >= 11 is 0. The van der Waals surface area contributed by atoms with Crippen LogP contribution < -0.4 is 20.1 Å². The van der Waals surface area contributed by atoms with Gasteiger partial charge >= 0.3 is 0 Å². The Hall–Kier alpha value is -5.45. The van der Waals surface area contributed by atoms with Gasteiger partial charge in [0, 0.05) is 50.4 Å². The maximum absolute atomic E-state index is 14.3. The van der Waals surface area contributed by atoms with Crippen molar-refractivity contribution in [2.75, 3.05) is 40.3 Å². The molecule has 11 nitrogen and oxygen atoms in total. The van der Waals surface area contributed by atoms with Gasteiger partial charge in [-0.05, 0) is 92.5 Å². The van der Waals surface area contributed by atoms with Gasteiger partial charge in [0.25, 0.3) is 5.91 Å². The molecule has 4 amide bonds. The molecule has 1 aromatic heterocycles. The van der Waals surface area contributed by atoms with E-state index in [2.05, 4.69) is 15.6 Å². The number of ether oxygens (including phenoxy) is 2. The van der Waals surface area contributed by atoms with E-state index in [4.69, 9.17) is 9.47 Å². The number of rotatable bonds is 13. The fourth-order valence-electron chi connectivity index (χ4n) is 7.66. The van der Waals surface area contributed by atoms with Gasteiger partial charge < -0.3 is 29.9 Å². The van der Waals surface area contributed by atoms with Crippen molar-refractivity contribution in [3.05, 3.63) is 102 Å². The number of likely N-dealkylation sites (tertiary alicyclic amines) is 2. The Balaban J connectivity index is 1.21. The van der Waals surface area contributed by atoms with Crippen LogP contribution in [0.4, 0.5) is 0 Å². The zero-order valence-corrected chi connectivity index (χ0v) is 30.9. The third kappa shape index (κ3) is 8.96. The summed E-state index contributed by atoms with van der Waals surface area (Å²) in [6.07, 6.45) is 3.79. The van der Waals surface area contributed by atoms with Crippen LogP contribution in [0.15, 0.2) is 85.1 Å². The fraction of sp³-hybridized carbons (Fsp3) is 0.405. The van der Waals surface area contributed by atoms with Gasteiger partial charge in [0.2, 0.25) is 17.7 Å². The summed E-state index contributed by atoms with van der Waals surface area (Å²) in [7, 11) is 3.11. The summed E-state index contributed by atoms with van der Waals surface area (Å²) in [5.41, 5.74) is 3.33. The third-order valence-corrected chi connectivity index (χ3v) is 10.3. The number of benzene rings is 3. The molecule has 0 bridgehead atoms. The first kappa shape index (κ1) is 37.3. The molecule has 6 rings (SSSR count). The number of fused-ring (bicyclic) bond motifs is 2. The molecule has 278 valence electrons. The molecule has 0 spiro atoms. The van der Waals surface area contributed by atoms with E-state index < -0.39 is 12.0 Å². The lowest BCUT2D eigenvalue weighted by Gasteiger charge is -2.40. The Morgan fingerprint density at radius 1 is 0.868 bits per heavy atom. The third-order valence-electron chi connectivity index (χ3n) is 10.3. The van der Waals surface area contributed by atoms with E-state index in [1.807, 2.05) is 74.5 Å². The SMILES string of the molecule is CNC(=O)C(CCCc1ccccc1)NC(=O)C1CN(C(=O)Cc2ccc3ncccc3c2)CC2CN(C(=O)c3ccc(OC(C)C)c(OC)c3)CC21. The van der Waals surface area contributed by atoms with Gasteiger partial charge in [-0.2, -0.15) is 0 Å². The topological polar surface area (TPSA) is 130 Å². The Bertz CT molecular complexity index is 1930. The summed E-state index contributed by atoms with van der Waals surface area (Å²) < 4.78 is 11.4. The monoisotopic (exact) mass is 719 g/mol. The first-order chi connectivity index (χ1) is 25.6. The Morgan fingerprint density at radius 2 is 1.66 bits per heavy atom. The lowest BCUT2D eigenvalue weighted by atomic mass is 9.79. The standard InChI is InChI=1S/C42H49N5O6/c1-27(2)53-37-18-16-31(22-38(37)52-4)42(51)47-24-32-23-46(39(48)21-29-15-17-35-30(20-29)13-9-19-44-35)26-34(33(32)25-47)40(49)45-36(41(50)43-3)14-8-12-28-10-6-5-7-11-28/h5-7,9-11,13,15-20,22,27,32-34,36H,8,12,14,21,23-26H2,1-4H3,(H,43,50)(H,45,49). The number of nitrogens with one attached hydrogen (secondary N) is 2. The second kappa shape index (κ2) is 16.9. The van der Waals surface area contributed by atoms with E-state index in [0.29, 0.717) is 49.5 Å². The zero-order chi connectivity index (χ0) is 37.5. The van der Waals surface area contributed by atoms with Crippen molar-refractivity contribution < 1.29 is 28.7 Å². The normalized spacial score (nSPS) is 18.7. The van der Waals surface area contributed by atoms with Crippen molar-refractivity contribution in [2.24, 2.45) is 17.8 Å². The number of amides is 4. The van der Waals surface area contributed by atoms with E-state index in [1.54, 1.807) is 48.4 Å². The molecule has 4 unspecified atom stereocenters. The minimum absolute atomic E-state index is 0.0639. The highest BCUT2D eigenvalue weighted by molar-refractivity contribution is 5.95. The van der Waals surface area contributed by atoms with Gasteiger partial charge in [0.15, 0.2) is 11.5 Å². The molecule has 4 atom stereocenters. The minimum atomic E-state index is -0.731. The molecule has 3 heterocycles. The van der Waals surface area contributed by atoms with E-state index >= 15 is 0 Å². The van der Waals surface area contributed by atoms with E-state index in [1.165, 1.54) is 0 Å². The first-order valence-corrected chi connectivity index (χ1v) is 18.4. The number of carbonyl (C=O) groups is 4. The van der Waals surface area contributed by atoms with Gasteiger partial charge in [-0.25, -0.2) is 0 Å². The van der Waals surface area contributed by atoms with Gasteiger partial charge in [-0.15, -0.1) is 0 Å². The van der Waals surface area contributed by atoms with Crippen LogP contribution in [0.25, 0.3) is 10.9 Å². The van der Waals surface area contributed by atoms with Crippen LogP contribution in [-0.2, 0) is 27.2 Å². The summed E-state index contributed by atoms with van der Waals surface area (Å²) in [5.74, 6) is -0.748. The number of pyridine rings is 1. The maximum atomic E-state index is 14.3. The van der Waals surface area contributed by atoms with Gasteiger partial charge in [0.05, 0.1) is 31.1 Å². The molecular formula is C42H49N5O6. The van der Waals surface area contributed by atoms with Crippen LogP contribution in [0.2, 0.25) is 0 Å². The molecule has 3 aromatic carbocycles. The molecule has 2 saturated heterocycles. The molecule has 0 radical (unpaired) electrons. The smallest absolute Gasteiger partial charge is 0.254 e. The number of likely N-dealkylation sites (N-methyl/N-ethyl adjacent to an activating group) is 1. The Labute approximate surface area is 311 Å².